The summed E-state index contributed by atoms with van der Waals surface area (Å²) in [4.78, 5) is 18.6. The molecule has 1 unspecified atom stereocenters. The first-order chi connectivity index (χ1) is 12.3. The van der Waals surface area contributed by atoms with Gasteiger partial charge in [-0.25, -0.2) is 0 Å². The van der Waals surface area contributed by atoms with Crippen LogP contribution in [0.4, 0.5) is 18.9 Å². The minimum atomic E-state index is -4.47. The van der Waals surface area contributed by atoms with Crippen LogP contribution in [0.1, 0.15) is 40.5 Å². The maximum Gasteiger partial charge on any atom is 0.416 e. The van der Waals surface area contributed by atoms with E-state index in [1.807, 2.05) is 0 Å². The monoisotopic (exact) mass is 364 g/mol. The summed E-state index contributed by atoms with van der Waals surface area (Å²) in [5.74, 6) is -0.359. The van der Waals surface area contributed by atoms with Crippen LogP contribution >= 0.6 is 0 Å². The number of carbonyl (C=O) groups excluding carboxylic acids is 1. The smallest absolute Gasteiger partial charge is 0.393 e. The lowest BCUT2D eigenvalue weighted by molar-refractivity contribution is -0.137. The molecule has 1 aromatic heterocycles. The molecule has 0 fully saturated rings. The molecule has 1 atom stereocenters. The molecule has 1 aromatic carbocycles. The largest absolute Gasteiger partial charge is 0.416 e. The average Bonchev–Trinajstić information content (AvgIpc) is 2.61. The van der Waals surface area contributed by atoms with Gasteiger partial charge in [0.15, 0.2) is 0 Å². The van der Waals surface area contributed by atoms with Crippen LogP contribution in [0, 0.1) is 0 Å². The Hall–Kier alpha value is -2.41. The molecule has 138 valence electrons. The molecule has 1 aliphatic carbocycles. The van der Waals surface area contributed by atoms with Crippen LogP contribution in [-0.2, 0) is 19.0 Å². The van der Waals surface area contributed by atoms with Crippen LogP contribution in [0.25, 0.3) is 0 Å². The first-order valence-electron chi connectivity index (χ1n) is 8.45. The number of carbonyl (C=O) groups is 1. The van der Waals surface area contributed by atoms with E-state index in [0.29, 0.717) is 30.5 Å². The topological polar surface area (TPSA) is 53.4 Å². The predicted molar refractivity (Wildman–Crippen MR) is 91.1 cm³/mol. The number of aliphatic hydroxyl groups excluding tert-OH is 1. The molecule has 0 aliphatic heterocycles. The van der Waals surface area contributed by atoms with E-state index in [1.54, 1.807) is 13.0 Å². The van der Waals surface area contributed by atoms with E-state index in [9.17, 15) is 23.1 Å². The van der Waals surface area contributed by atoms with Gasteiger partial charge in [0, 0.05) is 36.1 Å². The van der Waals surface area contributed by atoms with E-state index in [0.717, 1.165) is 17.7 Å². The molecule has 0 radical (unpaired) electrons. The van der Waals surface area contributed by atoms with E-state index in [1.165, 1.54) is 23.2 Å². The molecular weight excluding hydrogens is 345 g/mol. The van der Waals surface area contributed by atoms with E-state index in [2.05, 4.69) is 4.98 Å². The third-order valence-electron chi connectivity index (χ3n) is 4.58. The Balaban J connectivity index is 1.98. The van der Waals surface area contributed by atoms with Crippen LogP contribution in [0.3, 0.4) is 0 Å². The fourth-order valence-corrected chi connectivity index (χ4v) is 3.27. The SMILES string of the molecule is CCN(C(=O)c1ccnc2c1CCC(O)C2)c1cccc(C(F)(F)F)c1. The van der Waals surface area contributed by atoms with Gasteiger partial charge < -0.3 is 10.0 Å². The van der Waals surface area contributed by atoms with Crippen LogP contribution in [-0.4, -0.2) is 28.6 Å². The van der Waals surface area contributed by atoms with Gasteiger partial charge in [-0.3, -0.25) is 9.78 Å². The number of halogens is 3. The van der Waals surface area contributed by atoms with E-state index >= 15 is 0 Å². The number of alkyl halides is 3. The highest BCUT2D eigenvalue weighted by Gasteiger charge is 2.32. The molecule has 0 bridgehead atoms. The zero-order chi connectivity index (χ0) is 18.9. The van der Waals surface area contributed by atoms with Crippen molar-refractivity contribution in [3.05, 3.63) is 58.9 Å². The van der Waals surface area contributed by atoms with E-state index < -0.39 is 17.8 Å². The van der Waals surface area contributed by atoms with Gasteiger partial charge >= 0.3 is 6.18 Å². The third kappa shape index (κ3) is 3.58. The third-order valence-corrected chi connectivity index (χ3v) is 4.58. The number of aromatic nitrogens is 1. The Labute approximate surface area is 149 Å². The van der Waals surface area contributed by atoms with Crippen molar-refractivity contribution in [2.75, 3.05) is 11.4 Å². The number of amides is 1. The van der Waals surface area contributed by atoms with Gasteiger partial charge in [0.1, 0.15) is 0 Å². The van der Waals surface area contributed by atoms with Crippen LogP contribution in [0.15, 0.2) is 36.5 Å². The number of rotatable bonds is 3. The summed E-state index contributed by atoms with van der Waals surface area (Å²) < 4.78 is 39.0. The lowest BCUT2D eigenvalue weighted by Crippen LogP contribution is -2.33. The van der Waals surface area contributed by atoms with E-state index in [4.69, 9.17) is 0 Å². The average molecular weight is 364 g/mol. The van der Waals surface area contributed by atoms with Crippen molar-refractivity contribution < 1.29 is 23.1 Å². The second kappa shape index (κ2) is 7.07. The van der Waals surface area contributed by atoms with Crippen molar-refractivity contribution in [1.29, 1.82) is 0 Å². The molecule has 3 rings (SSSR count). The molecule has 2 aromatic rings. The Morgan fingerprint density at radius 3 is 2.81 bits per heavy atom. The highest BCUT2D eigenvalue weighted by atomic mass is 19.4. The molecule has 0 saturated carbocycles. The lowest BCUT2D eigenvalue weighted by atomic mass is 9.90. The van der Waals surface area contributed by atoms with Crippen molar-refractivity contribution >= 4 is 11.6 Å². The standard InChI is InChI=1S/C19H19F3N2O2/c1-2-24(13-5-3-4-12(10-13)19(20,21)22)18(26)16-8-9-23-17-11-14(25)6-7-15(16)17/h3-5,8-10,14,25H,2,6-7,11H2,1H3. The quantitative estimate of drug-likeness (QED) is 0.905. The summed E-state index contributed by atoms with van der Waals surface area (Å²) in [6, 6.07) is 6.35. The van der Waals surface area contributed by atoms with Gasteiger partial charge in [-0.05, 0) is 49.6 Å². The number of benzene rings is 1. The van der Waals surface area contributed by atoms with Gasteiger partial charge in [-0.2, -0.15) is 13.2 Å². The molecule has 4 nitrogen and oxygen atoms in total. The Kier molecular flexibility index (Phi) is 5.00. The summed E-state index contributed by atoms with van der Waals surface area (Å²) in [6.07, 6.45) is -2.01. The molecular formula is C19H19F3N2O2. The van der Waals surface area contributed by atoms with Crippen molar-refractivity contribution in [3.8, 4) is 0 Å². The molecule has 1 aliphatic rings. The molecule has 1 amide bonds. The maximum atomic E-state index is 13.0. The maximum absolute atomic E-state index is 13.0. The summed E-state index contributed by atoms with van der Waals surface area (Å²) in [7, 11) is 0. The van der Waals surface area contributed by atoms with Gasteiger partial charge in [-0.15, -0.1) is 0 Å². The minimum absolute atomic E-state index is 0.203. The normalized spacial score (nSPS) is 16.9. The van der Waals surface area contributed by atoms with Crippen LogP contribution < -0.4 is 4.90 Å². The van der Waals surface area contributed by atoms with Crippen LogP contribution in [0.5, 0.6) is 0 Å². The number of anilines is 1. The van der Waals surface area contributed by atoms with E-state index in [-0.39, 0.29) is 18.1 Å². The number of fused-ring (bicyclic) bond motifs is 1. The van der Waals surface area contributed by atoms with Gasteiger partial charge in [0.2, 0.25) is 0 Å². The second-order valence-corrected chi connectivity index (χ2v) is 6.28. The molecule has 1 heterocycles. The zero-order valence-electron chi connectivity index (χ0n) is 14.3. The number of hydrogen-bond donors (Lipinski definition) is 1. The fourth-order valence-electron chi connectivity index (χ4n) is 3.27. The summed E-state index contributed by atoms with van der Waals surface area (Å²) in [5, 5.41) is 9.78. The molecule has 0 spiro atoms. The van der Waals surface area contributed by atoms with Crippen molar-refractivity contribution in [3.63, 3.8) is 0 Å². The number of pyridine rings is 1. The van der Waals surface area contributed by atoms with Crippen LogP contribution in [0.2, 0.25) is 0 Å². The number of aliphatic hydroxyl groups is 1. The highest BCUT2D eigenvalue weighted by molar-refractivity contribution is 6.07. The second-order valence-electron chi connectivity index (χ2n) is 6.28. The molecule has 7 heteroatoms. The Morgan fingerprint density at radius 1 is 1.35 bits per heavy atom. The summed E-state index contributed by atoms with van der Waals surface area (Å²) >= 11 is 0. The predicted octanol–water partition coefficient (Wildman–Crippen LogP) is 3.62. The molecule has 0 saturated heterocycles. The number of nitrogens with zero attached hydrogens (tertiary/aromatic N) is 2. The van der Waals surface area contributed by atoms with Crippen molar-refractivity contribution in [1.82, 2.24) is 4.98 Å². The zero-order valence-corrected chi connectivity index (χ0v) is 14.3. The van der Waals surface area contributed by atoms with Gasteiger partial charge in [0.25, 0.3) is 5.91 Å². The van der Waals surface area contributed by atoms with Crippen molar-refractivity contribution in [2.45, 2.75) is 38.5 Å². The summed E-state index contributed by atoms with van der Waals surface area (Å²) in [5.41, 5.74) is 1.29. The lowest BCUT2D eigenvalue weighted by Gasteiger charge is -2.26. The minimum Gasteiger partial charge on any atom is -0.393 e. The van der Waals surface area contributed by atoms with Gasteiger partial charge in [0.05, 0.1) is 11.7 Å². The molecule has 1 N–H and O–H groups in total. The highest BCUT2D eigenvalue weighted by Crippen LogP contribution is 2.32. The first-order valence-corrected chi connectivity index (χ1v) is 8.45. The summed E-state index contributed by atoms with van der Waals surface area (Å²) in [6.45, 7) is 1.95. The first kappa shape index (κ1) is 18.4. The molecule has 26 heavy (non-hydrogen) atoms. The van der Waals surface area contributed by atoms with Crippen molar-refractivity contribution in [2.24, 2.45) is 0 Å². The Morgan fingerprint density at radius 2 is 2.12 bits per heavy atom. The van der Waals surface area contributed by atoms with Gasteiger partial charge in [-0.1, -0.05) is 6.07 Å². The number of hydrogen-bond acceptors (Lipinski definition) is 3. The Bertz CT molecular complexity index is 821. The fraction of sp³-hybridized carbons (Fsp3) is 0.368.